The number of benzene rings is 1. The molecule has 3 saturated heterocycles. The van der Waals surface area contributed by atoms with Gasteiger partial charge in [-0.1, -0.05) is 6.58 Å². The summed E-state index contributed by atoms with van der Waals surface area (Å²) in [5.41, 5.74) is 4.84. The number of fused-ring (bicyclic) bond motifs is 3. The van der Waals surface area contributed by atoms with Crippen LogP contribution in [0.1, 0.15) is 60.8 Å². The normalized spacial score (nSPS) is 25.9. The number of nitrogens with zero attached hydrogens (tertiary/aromatic N) is 6. The maximum Gasteiger partial charge on any atom is 0.282 e. The van der Waals surface area contributed by atoms with Crippen molar-refractivity contribution in [1.82, 2.24) is 14.8 Å². The molecular weight excluding hydrogens is 593 g/mol. The lowest BCUT2D eigenvalue weighted by atomic mass is 9.88. The van der Waals surface area contributed by atoms with E-state index in [9.17, 15) is 23.2 Å². The molecule has 1 amide bonds. The van der Waals surface area contributed by atoms with Crippen LogP contribution in [0.3, 0.4) is 0 Å². The second-order valence-electron chi connectivity index (χ2n) is 13.6. The van der Waals surface area contributed by atoms with Gasteiger partial charge in [-0.2, -0.15) is 10.2 Å². The number of amides is 1. The van der Waals surface area contributed by atoms with Gasteiger partial charge in [-0.15, -0.1) is 0 Å². The third-order valence-electron chi connectivity index (χ3n) is 10.8. The van der Waals surface area contributed by atoms with Gasteiger partial charge in [0.15, 0.2) is 5.83 Å². The van der Waals surface area contributed by atoms with Crippen molar-refractivity contribution in [3.8, 4) is 11.9 Å². The van der Waals surface area contributed by atoms with Crippen LogP contribution in [0, 0.1) is 17.1 Å². The monoisotopic (exact) mass is 634 g/mol. The topological polar surface area (TPSA) is 75.9 Å². The summed E-state index contributed by atoms with van der Waals surface area (Å²) < 4.78 is 49.6. The number of ether oxygens (including phenoxy) is 1. The number of rotatable bonds is 7. The van der Waals surface area contributed by atoms with Crippen LogP contribution in [-0.4, -0.2) is 84.3 Å². The van der Waals surface area contributed by atoms with Crippen LogP contribution in [0.15, 0.2) is 30.6 Å². The van der Waals surface area contributed by atoms with Crippen LogP contribution in [0.25, 0.3) is 0 Å². The van der Waals surface area contributed by atoms with Crippen LogP contribution >= 0.6 is 0 Å². The van der Waals surface area contributed by atoms with E-state index in [1.165, 1.54) is 4.90 Å². The molecule has 11 heteroatoms. The predicted octanol–water partition coefficient (Wildman–Crippen LogP) is 5.03. The van der Waals surface area contributed by atoms with Gasteiger partial charge in [0.25, 0.3) is 5.91 Å². The Balaban J connectivity index is 1.21. The Morgan fingerprint density at radius 2 is 1.89 bits per heavy atom. The van der Waals surface area contributed by atoms with Gasteiger partial charge in [-0.05, 0) is 80.3 Å². The Morgan fingerprint density at radius 3 is 2.70 bits per heavy atom. The fraction of sp³-hybridized carbons (Fsp3) is 0.571. The Hall–Kier alpha value is -3.78. The number of alkyl halides is 1. The molecule has 3 fully saturated rings. The summed E-state index contributed by atoms with van der Waals surface area (Å²) in [5.74, 6) is -0.728. The smallest absolute Gasteiger partial charge is 0.282 e. The quantitative estimate of drug-likeness (QED) is 0.396. The van der Waals surface area contributed by atoms with Gasteiger partial charge >= 0.3 is 0 Å². The minimum Gasteiger partial charge on any atom is -0.476 e. The number of piperazine rings is 1. The summed E-state index contributed by atoms with van der Waals surface area (Å²) in [4.78, 5) is 25.6. The van der Waals surface area contributed by atoms with Crippen LogP contribution in [0.5, 0.6) is 5.88 Å². The highest BCUT2D eigenvalue weighted by Gasteiger charge is 2.49. The van der Waals surface area contributed by atoms with Crippen LogP contribution < -0.4 is 14.5 Å². The summed E-state index contributed by atoms with van der Waals surface area (Å²) >= 11 is 0. The highest BCUT2D eigenvalue weighted by molar-refractivity contribution is 5.91. The van der Waals surface area contributed by atoms with Gasteiger partial charge in [0, 0.05) is 63.0 Å². The van der Waals surface area contributed by atoms with Crippen LogP contribution in [0.4, 0.5) is 24.7 Å². The maximum absolute atomic E-state index is 14.8. The van der Waals surface area contributed by atoms with Gasteiger partial charge in [0.2, 0.25) is 5.88 Å². The number of hydrogen-bond donors (Lipinski definition) is 0. The first kappa shape index (κ1) is 30.9. The van der Waals surface area contributed by atoms with Gasteiger partial charge in [0.05, 0.1) is 24.1 Å². The summed E-state index contributed by atoms with van der Waals surface area (Å²) in [6.07, 6.45) is 5.94. The van der Waals surface area contributed by atoms with E-state index >= 15 is 0 Å². The highest BCUT2D eigenvalue weighted by atomic mass is 19.1. The van der Waals surface area contributed by atoms with E-state index in [1.807, 2.05) is 12.1 Å². The number of carbonyl (C=O) groups is 1. The van der Waals surface area contributed by atoms with E-state index in [1.54, 1.807) is 6.07 Å². The van der Waals surface area contributed by atoms with Gasteiger partial charge in [-0.25, -0.2) is 13.2 Å². The maximum atomic E-state index is 14.8. The predicted molar refractivity (Wildman–Crippen MR) is 169 cm³/mol. The third kappa shape index (κ3) is 5.59. The third-order valence-corrected chi connectivity index (χ3v) is 10.8. The van der Waals surface area contributed by atoms with Gasteiger partial charge < -0.3 is 19.4 Å². The van der Waals surface area contributed by atoms with E-state index < -0.39 is 23.9 Å². The number of anilines is 2. The molecule has 0 N–H and O–H groups in total. The van der Waals surface area contributed by atoms with E-state index in [4.69, 9.17) is 9.72 Å². The molecule has 244 valence electrons. The van der Waals surface area contributed by atoms with E-state index in [0.717, 1.165) is 85.4 Å². The van der Waals surface area contributed by atoms with E-state index in [2.05, 4.69) is 27.3 Å². The molecule has 2 aromatic rings. The largest absolute Gasteiger partial charge is 0.476 e. The van der Waals surface area contributed by atoms with Crippen molar-refractivity contribution in [2.24, 2.45) is 0 Å². The minimum absolute atomic E-state index is 0.0557. The SMILES string of the molecule is C=C(F)C(=O)N1CCN(c2nc(OCC34CCCN3C[C@H](F)C4)cc3c2CCN(c2ccc(F)c4c2CCCC4)C3)C[C@@H]1CC#N. The van der Waals surface area contributed by atoms with Crippen molar-refractivity contribution in [2.75, 3.05) is 55.7 Å². The first-order valence-electron chi connectivity index (χ1n) is 16.6. The molecule has 7 rings (SSSR count). The van der Waals surface area contributed by atoms with Crippen molar-refractivity contribution in [2.45, 2.75) is 82.1 Å². The van der Waals surface area contributed by atoms with Crippen molar-refractivity contribution in [1.29, 1.82) is 5.26 Å². The molecule has 46 heavy (non-hydrogen) atoms. The number of pyridine rings is 1. The molecule has 0 spiro atoms. The Labute approximate surface area is 268 Å². The van der Waals surface area contributed by atoms with Crippen molar-refractivity contribution < 1.29 is 22.7 Å². The van der Waals surface area contributed by atoms with Crippen molar-refractivity contribution in [3.63, 3.8) is 0 Å². The standard InChI is InChI=1S/C35H41F3N6O2/c1-23(36)34(45)44-16-15-42(21-26(44)9-12-39)33-27-10-14-41(31-8-7-30(38)28-5-2-3-6-29(28)31)19-24(27)17-32(40-33)46-22-35-11-4-13-43(35)20-25(37)18-35/h7-8,17,25-26H,1-6,9-11,13-16,18-22H2/t25-,26+,35?/m1/s1. The Bertz CT molecular complexity index is 1580. The summed E-state index contributed by atoms with van der Waals surface area (Å²) in [6.45, 7) is 7.16. The number of halogens is 3. The average Bonchev–Trinajstić information content (AvgIpc) is 3.59. The fourth-order valence-corrected chi connectivity index (χ4v) is 8.58. The minimum atomic E-state index is -1.03. The molecule has 3 atom stereocenters. The van der Waals surface area contributed by atoms with Crippen LogP contribution in [-0.2, 0) is 30.6 Å². The highest BCUT2D eigenvalue weighted by Crippen LogP contribution is 2.42. The molecule has 1 aromatic heterocycles. The zero-order chi connectivity index (χ0) is 32.0. The molecule has 1 aromatic carbocycles. The zero-order valence-corrected chi connectivity index (χ0v) is 26.2. The number of carbonyl (C=O) groups excluding carboxylic acids is 1. The van der Waals surface area contributed by atoms with Gasteiger partial charge in [0.1, 0.15) is 24.4 Å². The summed E-state index contributed by atoms with van der Waals surface area (Å²) in [6, 6.07) is 7.13. The Morgan fingerprint density at radius 1 is 1.07 bits per heavy atom. The second-order valence-corrected chi connectivity index (χ2v) is 13.6. The van der Waals surface area contributed by atoms with Gasteiger partial charge in [-0.3, -0.25) is 9.69 Å². The molecule has 1 aliphatic carbocycles. The molecule has 8 nitrogen and oxygen atoms in total. The summed E-state index contributed by atoms with van der Waals surface area (Å²) in [5, 5.41) is 9.54. The van der Waals surface area contributed by atoms with E-state index in [0.29, 0.717) is 51.5 Å². The first-order chi connectivity index (χ1) is 22.3. The lowest BCUT2D eigenvalue weighted by Gasteiger charge is -2.42. The van der Waals surface area contributed by atoms with Crippen molar-refractivity contribution in [3.05, 3.63) is 58.7 Å². The molecular formula is C35H41F3N6O2. The number of nitriles is 1. The molecule has 1 unspecified atom stereocenters. The number of hydrogen-bond acceptors (Lipinski definition) is 7. The van der Waals surface area contributed by atoms with Crippen LogP contribution in [0.2, 0.25) is 0 Å². The average molecular weight is 635 g/mol. The van der Waals surface area contributed by atoms with Crippen molar-refractivity contribution >= 4 is 17.4 Å². The molecule has 0 radical (unpaired) electrons. The molecule has 4 aliphatic heterocycles. The lowest BCUT2D eigenvalue weighted by molar-refractivity contribution is -0.131. The Kier molecular flexibility index (Phi) is 8.34. The zero-order valence-electron chi connectivity index (χ0n) is 26.2. The lowest BCUT2D eigenvalue weighted by Crippen LogP contribution is -2.55. The molecule has 5 aliphatic rings. The molecule has 0 bridgehead atoms. The second kappa shape index (κ2) is 12.4. The fourth-order valence-electron chi connectivity index (χ4n) is 8.58. The first-order valence-corrected chi connectivity index (χ1v) is 16.6. The molecule has 0 saturated carbocycles. The summed E-state index contributed by atoms with van der Waals surface area (Å²) in [7, 11) is 0. The number of aromatic nitrogens is 1. The van der Waals surface area contributed by atoms with E-state index in [-0.39, 0.29) is 24.3 Å². The molecule has 5 heterocycles.